The van der Waals surface area contributed by atoms with Gasteiger partial charge < -0.3 is 9.80 Å². The molecule has 0 unspecified atom stereocenters. The standard InChI is InChI=1S/C15H28IN3O/c1-14(20)2-5-17-6-3-15(4-7-17)12-18-8-10-19(13-16)11-9-18/h15H,2-13H2,1H3. The Morgan fingerprint density at radius 3 is 2.15 bits per heavy atom. The normalized spacial score (nSPS) is 24.1. The van der Waals surface area contributed by atoms with Crippen LogP contribution in [0.15, 0.2) is 0 Å². The van der Waals surface area contributed by atoms with Crippen LogP contribution in [-0.2, 0) is 4.79 Å². The van der Waals surface area contributed by atoms with Crippen molar-refractivity contribution in [2.24, 2.45) is 5.92 Å². The number of alkyl halides is 1. The average Bonchev–Trinajstić information content (AvgIpc) is 2.47. The first kappa shape index (κ1) is 16.6. The minimum atomic E-state index is 0.320. The summed E-state index contributed by atoms with van der Waals surface area (Å²) >= 11 is 2.46. The molecule has 2 saturated heterocycles. The molecule has 0 aromatic heterocycles. The molecule has 5 heteroatoms. The SMILES string of the molecule is CC(=O)CCN1CCC(CN2CCN(CI)CC2)CC1. The number of hydrogen-bond donors (Lipinski definition) is 0. The number of hydrogen-bond acceptors (Lipinski definition) is 4. The van der Waals surface area contributed by atoms with E-state index in [9.17, 15) is 4.79 Å². The Kier molecular flexibility index (Phi) is 7.21. The molecule has 0 atom stereocenters. The third-order valence-corrected chi connectivity index (χ3v) is 5.60. The maximum Gasteiger partial charge on any atom is 0.131 e. The molecule has 0 aromatic rings. The van der Waals surface area contributed by atoms with E-state index in [1.807, 2.05) is 0 Å². The van der Waals surface area contributed by atoms with Crippen LogP contribution in [0.4, 0.5) is 0 Å². The fourth-order valence-corrected chi connectivity index (χ4v) is 3.85. The zero-order chi connectivity index (χ0) is 14.4. The second kappa shape index (κ2) is 8.66. The third kappa shape index (κ3) is 5.58. The second-order valence-electron chi connectivity index (χ2n) is 6.28. The van der Waals surface area contributed by atoms with E-state index in [1.165, 1.54) is 63.2 Å². The van der Waals surface area contributed by atoms with Crippen LogP contribution in [-0.4, -0.2) is 77.4 Å². The van der Waals surface area contributed by atoms with Crippen molar-refractivity contribution in [3.63, 3.8) is 0 Å². The molecule has 2 aliphatic heterocycles. The van der Waals surface area contributed by atoms with Crippen LogP contribution < -0.4 is 0 Å². The van der Waals surface area contributed by atoms with Gasteiger partial charge in [0.05, 0.1) is 4.55 Å². The summed E-state index contributed by atoms with van der Waals surface area (Å²) in [6.07, 6.45) is 3.34. The van der Waals surface area contributed by atoms with E-state index >= 15 is 0 Å². The molecule has 2 aliphatic rings. The molecule has 2 heterocycles. The number of likely N-dealkylation sites (tertiary alicyclic amines) is 1. The zero-order valence-corrected chi connectivity index (χ0v) is 14.8. The first-order valence-electron chi connectivity index (χ1n) is 7.90. The highest BCUT2D eigenvalue weighted by Crippen LogP contribution is 2.19. The van der Waals surface area contributed by atoms with Gasteiger partial charge in [0.15, 0.2) is 0 Å². The molecule has 2 fully saturated rings. The van der Waals surface area contributed by atoms with Crippen molar-refractivity contribution >= 4 is 28.4 Å². The monoisotopic (exact) mass is 393 g/mol. The first-order valence-corrected chi connectivity index (χ1v) is 9.42. The molecule has 4 nitrogen and oxygen atoms in total. The molecule has 0 amide bonds. The van der Waals surface area contributed by atoms with Gasteiger partial charge in [0.1, 0.15) is 5.78 Å². The minimum Gasteiger partial charge on any atom is -0.303 e. The topological polar surface area (TPSA) is 26.8 Å². The summed E-state index contributed by atoms with van der Waals surface area (Å²) < 4.78 is 1.17. The van der Waals surface area contributed by atoms with Crippen LogP contribution in [0.1, 0.15) is 26.2 Å². The molecule has 116 valence electrons. The van der Waals surface area contributed by atoms with E-state index in [1.54, 1.807) is 6.92 Å². The van der Waals surface area contributed by atoms with Crippen LogP contribution in [0.3, 0.4) is 0 Å². The van der Waals surface area contributed by atoms with Gasteiger partial charge in [0.25, 0.3) is 0 Å². The number of piperazine rings is 1. The predicted molar refractivity (Wildman–Crippen MR) is 91.4 cm³/mol. The van der Waals surface area contributed by atoms with E-state index in [2.05, 4.69) is 37.3 Å². The van der Waals surface area contributed by atoms with Gasteiger partial charge in [-0.15, -0.1) is 0 Å². The van der Waals surface area contributed by atoms with Gasteiger partial charge >= 0.3 is 0 Å². The first-order chi connectivity index (χ1) is 9.67. The van der Waals surface area contributed by atoms with Gasteiger partial charge in [-0.05, 0) is 38.8 Å². The quantitative estimate of drug-likeness (QED) is 0.390. The number of carbonyl (C=O) groups is 1. The van der Waals surface area contributed by atoms with Crippen molar-refractivity contribution in [1.82, 2.24) is 14.7 Å². The lowest BCUT2D eigenvalue weighted by Crippen LogP contribution is -2.48. The lowest BCUT2D eigenvalue weighted by atomic mass is 9.95. The van der Waals surface area contributed by atoms with E-state index in [4.69, 9.17) is 0 Å². The fourth-order valence-electron chi connectivity index (χ4n) is 3.16. The number of halogens is 1. The van der Waals surface area contributed by atoms with Crippen molar-refractivity contribution in [2.45, 2.75) is 26.2 Å². The summed E-state index contributed by atoms with van der Waals surface area (Å²) in [6.45, 7) is 11.3. The Bertz CT molecular complexity index is 297. The Morgan fingerprint density at radius 1 is 1.00 bits per heavy atom. The van der Waals surface area contributed by atoms with Gasteiger partial charge in [-0.25, -0.2) is 0 Å². The van der Waals surface area contributed by atoms with E-state index in [0.29, 0.717) is 5.78 Å². The Hall–Kier alpha value is 0.280. The summed E-state index contributed by atoms with van der Waals surface area (Å²) in [6, 6.07) is 0. The molecule has 0 radical (unpaired) electrons. The van der Waals surface area contributed by atoms with Crippen molar-refractivity contribution in [2.75, 3.05) is 56.9 Å². The fraction of sp³-hybridized carbons (Fsp3) is 0.933. The molecule has 0 N–H and O–H groups in total. The maximum atomic E-state index is 11.0. The van der Waals surface area contributed by atoms with E-state index in [-0.39, 0.29) is 0 Å². The lowest BCUT2D eigenvalue weighted by molar-refractivity contribution is -0.117. The Balaban J connectivity index is 1.61. The van der Waals surface area contributed by atoms with E-state index < -0.39 is 0 Å². The van der Waals surface area contributed by atoms with Crippen LogP contribution in [0.25, 0.3) is 0 Å². The lowest BCUT2D eigenvalue weighted by Gasteiger charge is -2.38. The molecule has 20 heavy (non-hydrogen) atoms. The highest BCUT2D eigenvalue weighted by atomic mass is 127. The molecule has 0 spiro atoms. The number of piperidine rings is 1. The van der Waals surface area contributed by atoms with E-state index in [0.717, 1.165) is 18.9 Å². The predicted octanol–water partition coefficient (Wildman–Crippen LogP) is 1.69. The maximum absolute atomic E-state index is 11.0. The average molecular weight is 393 g/mol. The summed E-state index contributed by atoms with van der Waals surface area (Å²) in [5.74, 6) is 1.19. The second-order valence-corrected chi connectivity index (χ2v) is 6.96. The molecule has 0 bridgehead atoms. The Morgan fingerprint density at radius 2 is 1.60 bits per heavy atom. The number of rotatable bonds is 6. The summed E-state index contributed by atoms with van der Waals surface area (Å²) in [5, 5.41) is 0. The van der Waals surface area contributed by atoms with Crippen LogP contribution in [0.2, 0.25) is 0 Å². The van der Waals surface area contributed by atoms with Gasteiger partial charge in [-0.1, -0.05) is 22.6 Å². The van der Waals surface area contributed by atoms with Crippen molar-refractivity contribution in [3.05, 3.63) is 0 Å². The Labute approximate surface area is 137 Å². The summed E-state index contributed by atoms with van der Waals surface area (Å²) in [7, 11) is 0. The number of nitrogens with zero attached hydrogens (tertiary/aromatic N) is 3. The summed E-state index contributed by atoms with van der Waals surface area (Å²) in [5.41, 5.74) is 0. The van der Waals surface area contributed by atoms with Crippen molar-refractivity contribution < 1.29 is 4.79 Å². The number of Topliss-reactive ketones (excluding diaryl/α,β-unsaturated/α-hetero) is 1. The highest BCUT2D eigenvalue weighted by Gasteiger charge is 2.23. The molecular weight excluding hydrogens is 365 g/mol. The van der Waals surface area contributed by atoms with Gasteiger partial charge in [0, 0.05) is 45.7 Å². The minimum absolute atomic E-state index is 0.320. The number of carbonyl (C=O) groups excluding carboxylic acids is 1. The zero-order valence-electron chi connectivity index (χ0n) is 12.7. The smallest absolute Gasteiger partial charge is 0.131 e. The molecule has 0 saturated carbocycles. The van der Waals surface area contributed by atoms with Crippen molar-refractivity contribution in [3.8, 4) is 0 Å². The van der Waals surface area contributed by atoms with Gasteiger partial charge in [-0.2, -0.15) is 0 Å². The van der Waals surface area contributed by atoms with Crippen LogP contribution in [0.5, 0.6) is 0 Å². The largest absolute Gasteiger partial charge is 0.303 e. The molecular formula is C15H28IN3O. The highest BCUT2D eigenvalue weighted by molar-refractivity contribution is 14.1. The van der Waals surface area contributed by atoms with Crippen LogP contribution >= 0.6 is 22.6 Å². The molecule has 0 aliphatic carbocycles. The third-order valence-electron chi connectivity index (χ3n) is 4.64. The van der Waals surface area contributed by atoms with Gasteiger partial charge in [0.2, 0.25) is 0 Å². The van der Waals surface area contributed by atoms with Gasteiger partial charge in [-0.3, -0.25) is 9.69 Å². The summed E-state index contributed by atoms with van der Waals surface area (Å²) in [4.78, 5) is 18.7. The van der Waals surface area contributed by atoms with Crippen LogP contribution in [0, 0.1) is 5.92 Å². The number of ketones is 1. The molecule has 2 rings (SSSR count). The molecule has 0 aromatic carbocycles. The van der Waals surface area contributed by atoms with Crippen molar-refractivity contribution in [1.29, 1.82) is 0 Å².